The summed E-state index contributed by atoms with van der Waals surface area (Å²) < 4.78 is 17.2. The SMILES string of the molecule is C#CC(ON=C1c2cc(OC)c(OC)cc2-c2[nH]c3ccc(OCCN(C)C)cc3c21)c1cccnc1. The van der Waals surface area contributed by atoms with Gasteiger partial charge in [-0.25, -0.2) is 0 Å². The van der Waals surface area contributed by atoms with Crippen LogP contribution in [0.15, 0.2) is 60.0 Å². The van der Waals surface area contributed by atoms with Gasteiger partial charge in [0, 0.05) is 52.1 Å². The number of fused-ring (bicyclic) bond motifs is 5. The maximum atomic E-state index is 6.01. The molecule has 2 heterocycles. The lowest BCUT2D eigenvalue weighted by atomic mass is 10.1. The van der Waals surface area contributed by atoms with E-state index in [4.69, 9.17) is 25.5 Å². The van der Waals surface area contributed by atoms with Crippen LogP contribution in [0.3, 0.4) is 0 Å². The summed E-state index contributed by atoms with van der Waals surface area (Å²) in [7, 11) is 7.26. The van der Waals surface area contributed by atoms with E-state index >= 15 is 0 Å². The topological polar surface area (TPSA) is 81.2 Å². The zero-order chi connectivity index (χ0) is 25.9. The van der Waals surface area contributed by atoms with Crippen LogP contribution in [0.4, 0.5) is 0 Å². The normalized spacial score (nSPS) is 13.8. The highest BCUT2D eigenvalue weighted by Crippen LogP contribution is 2.46. The van der Waals surface area contributed by atoms with E-state index < -0.39 is 6.10 Å². The van der Waals surface area contributed by atoms with E-state index in [9.17, 15) is 0 Å². The van der Waals surface area contributed by atoms with E-state index in [1.54, 1.807) is 26.6 Å². The minimum atomic E-state index is -0.691. The lowest BCUT2D eigenvalue weighted by molar-refractivity contribution is 0.0998. The van der Waals surface area contributed by atoms with Crippen LogP contribution in [-0.2, 0) is 4.84 Å². The van der Waals surface area contributed by atoms with Crippen LogP contribution >= 0.6 is 0 Å². The molecule has 4 aromatic rings. The fourth-order valence-corrected chi connectivity index (χ4v) is 4.39. The number of benzene rings is 2. The van der Waals surface area contributed by atoms with E-state index in [0.717, 1.165) is 51.1 Å². The fraction of sp³-hybridized carbons (Fsp3) is 0.241. The lowest BCUT2D eigenvalue weighted by Gasteiger charge is -2.13. The summed E-state index contributed by atoms with van der Waals surface area (Å²) in [5.74, 6) is 4.65. The smallest absolute Gasteiger partial charge is 0.213 e. The van der Waals surface area contributed by atoms with Gasteiger partial charge in [0.2, 0.25) is 6.10 Å². The van der Waals surface area contributed by atoms with Gasteiger partial charge >= 0.3 is 0 Å². The molecule has 0 saturated heterocycles. The van der Waals surface area contributed by atoms with Crippen molar-refractivity contribution in [1.82, 2.24) is 14.9 Å². The first-order valence-corrected chi connectivity index (χ1v) is 11.8. The number of aromatic amines is 1. The standard InChI is InChI=1S/C29H28N4O4/c1-6-24(18-8-7-11-30-17-18)37-32-29-21-16-26(35-5)25(34-4)15-20(21)28-27(29)22-14-19(9-10-23(22)31-28)36-13-12-33(2)3/h1,7-11,14-17,24,31H,12-13H2,2-5H3. The number of nitrogens with zero attached hydrogens (tertiary/aromatic N) is 3. The highest BCUT2D eigenvalue weighted by atomic mass is 16.6. The van der Waals surface area contributed by atoms with Gasteiger partial charge in [-0.1, -0.05) is 17.1 Å². The van der Waals surface area contributed by atoms with Gasteiger partial charge in [0.25, 0.3) is 0 Å². The number of H-pyrrole nitrogens is 1. The van der Waals surface area contributed by atoms with Gasteiger partial charge in [-0.05, 0) is 50.5 Å². The largest absolute Gasteiger partial charge is 0.493 e. The molecule has 1 aliphatic rings. The highest BCUT2D eigenvalue weighted by molar-refractivity contribution is 6.30. The van der Waals surface area contributed by atoms with E-state index in [-0.39, 0.29) is 0 Å². The number of nitrogens with one attached hydrogen (secondary N) is 1. The quantitative estimate of drug-likeness (QED) is 0.236. The molecule has 0 amide bonds. The molecule has 0 saturated carbocycles. The Morgan fingerprint density at radius 1 is 1.08 bits per heavy atom. The number of pyridine rings is 1. The third kappa shape index (κ3) is 4.57. The molecule has 1 aliphatic carbocycles. The van der Waals surface area contributed by atoms with Crippen LogP contribution in [0.25, 0.3) is 22.2 Å². The number of oxime groups is 1. The molecule has 0 radical (unpaired) electrons. The fourth-order valence-electron chi connectivity index (χ4n) is 4.39. The summed E-state index contributed by atoms with van der Waals surface area (Å²) in [6, 6.07) is 13.5. The third-order valence-electron chi connectivity index (χ3n) is 6.25. The number of methoxy groups -OCH3 is 2. The van der Waals surface area contributed by atoms with Crippen molar-refractivity contribution in [1.29, 1.82) is 0 Å². The van der Waals surface area contributed by atoms with Gasteiger partial charge in [0.1, 0.15) is 18.1 Å². The van der Waals surface area contributed by atoms with Gasteiger partial charge < -0.3 is 28.9 Å². The van der Waals surface area contributed by atoms with Gasteiger partial charge in [0.15, 0.2) is 11.5 Å². The number of hydrogen-bond donors (Lipinski definition) is 1. The molecule has 0 bridgehead atoms. The second-order valence-corrected chi connectivity index (χ2v) is 8.87. The van der Waals surface area contributed by atoms with E-state index in [1.807, 2.05) is 56.6 Å². The van der Waals surface area contributed by atoms with Gasteiger partial charge in [-0.3, -0.25) is 4.98 Å². The Labute approximate surface area is 215 Å². The number of ether oxygens (including phenoxy) is 3. The third-order valence-corrected chi connectivity index (χ3v) is 6.25. The zero-order valence-corrected chi connectivity index (χ0v) is 21.2. The summed E-state index contributed by atoms with van der Waals surface area (Å²) in [4.78, 5) is 15.7. The Hall–Kier alpha value is -4.48. The minimum Gasteiger partial charge on any atom is -0.493 e. The lowest BCUT2D eigenvalue weighted by Crippen LogP contribution is -2.19. The van der Waals surface area contributed by atoms with Crippen LogP contribution in [-0.4, -0.2) is 62.0 Å². The Morgan fingerprint density at radius 3 is 2.54 bits per heavy atom. The molecule has 5 rings (SSSR count). The predicted molar refractivity (Wildman–Crippen MR) is 143 cm³/mol. The molecule has 8 heteroatoms. The average Bonchev–Trinajstić information content (AvgIpc) is 3.43. The van der Waals surface area contributed by atoms with Crippen molar-refractivity contribution in [2.75, 3.05) is 41.5 Å². The Kier molecular flexibility index (Phi) is 6.71. The Bertz CT molecular complexity index is 1500. The van der Waals surface area contributed by atoms with Crippen molar-refractivity contribution in [3.8, 4) is 40.8 Å². The number of terminal acetylenes is 1. The summed E-state index contributed by atoms with van der Waals surface area (Å²) in [6.07, 6.45) is 8.46. The summed E-state index contributed by atoms with van der Waals surface area (Å²) in [6.45, 7) is 1.40. The van der Waals surface area contributed by atoms with Crippen LogP contribution in [0.5, 0.6) is 17.2 Å². The molecular weight excluding hydrogens is 468 g/mol. The number of rotatable bonds is 9. The molecule has 8 nitrogen and oxygen atoms in total. The molecule has 188 valence electrons. The molecule has 0 aliphatic heterocycles. The van der Waals surface area contributed by atoms with Gasteiger partial charge in [-0.2, -0.15) is 0 Å². The van der Waals surface area contributed by atoms with Crippen molar-refractivity contribution in [2.45, 2.75) is 6.10 Å². The number of aromatic nitrogens is 2. The van der Waals surface area contributed by atoms with E-state index in [1.165, 1.54) is 0 Å². The monoisotopic (exact) mass is 496 g/mol. The second kappa shape index (κ2) is 10.2. The van der Waals surface area contributed by atoms with Crippen molar-refractivity contribution >= 4 is 16.6 Å². The molecule has 2 aromatic carbocycles. The molecular formula is C29H28N4O4. The molecule has 0 spiro atoms. The first-order chi connectivity index (χ1) is 18.0. The second-order valence-electron chi connectivity index (χ2n) is 8.87. The van der Waals surface area contributed by atoms with E-state index in [2.05, 4.69) is 25.9 Å². The first-order valence-electron chi connectivity index (χ1n) is 11.8. The summed E-state index contributed by atoms with van der Waals surface area (Å²) in [5.41, 5.74) is 5.94. The highest BCUT2D eigenvalue weighted by Gasteiger charge is 2.32. The van der Waals surface area contributed by atoms with Crippen molar-refractivity contribution in [2.24, 2.45) is 5.16 Å². The van der Waals surface area contributed by atoms with E-state index in [0.29, 0.717) is 23.8 Å². The minimum absolute atomic E-state index is 0.582. The zero-order valence-electron chi connectivity index (χ0n) is 21.2. The summed E-state index contributed by atoms with van der Waals surface area (Å²) >= 11 is 0. The van der Waals surface area contributed by atoms with Crippen molar-refractivity contribution < 1.29 is 19.0 Å². The number of hydrogen-bond acceptors (Lipinski definition) is 7. The van der Waals surface area contributed by atoms with Gasteiger partial charge in [-0.15, -0.1) is 6.42 Å². The van der Waals surface area contributed by atoms with Crippen LogP contribution < -0.4 is 14.2 Å². The van der Waals surface area contributed by atoms with Crippen LogP contribution in [0.2, 0.25) is 0 Å². The maximum absolute atomic E-state index is 6.01. The molecule has 0 fully saturated rings. The molecule has 1 unspecified atom stereocenters. The molecule has 37 heavy (non-hydrogen) atoms. The van der Waals surface area contributed by atoms with Crippen LogP contribution in [0.1, 0.15) is 22.8 Å². The van der Waals surface area contributed by atoms with Crippen molar-refractivity contribution in [3.05, 3.63) is 71.5 Å². The number of likely N-dealkylation sites (N-methyl/N-ethyl adjacent to an activating group) is 1. The van der Waals surface area contributed by atoms with Crippen LogP contribution in [0, 0.1) is 12.3 Å². The maximum Gasteiger partial charge on any atom is 0.213 e. The predicted octanol–water partition coefficient (Wildman–Crippen LogP) is 4.64. The Balaban J connectivity index is 1.62. The first kappa shape index (κ1) is 24.2. The molecule has 1 atom stereocenters. The molecule has 1 N–H and O–H groups in total. The summed E-state index contributed by atoms with van der Waals surface area (Å²) in [5, 5.41) is 5.57. The van der Waals surface area contributed by atoms with Crippen molar-refractivity contribution in [3.63, 3.8) is 0 Å². The Morgan fingerprint density at radius 2 is 1.86 bits per heavy atom. The molecule has 2 aromatic heterocycles. The van der Waals surface area contributed by atoms with Gasteiger partial charge in [0.05, 0.1) is 19.9 Å². The average molecular weight is 497 g/mol.